The Morgan fingerprint density at radius 1 is 1.05 bits per heavy atom. The Balaban J connectivity index is 2.26. The lowest BCUT2D eigenvalue weighted by atomic mass is 10.0. The van der Waals surface area contributed by atoms with Crippen LogP contribution < -0.4 is 10.1 Å². The second kappa shape index (κ2) is 6.84. The molecular weight excluding hydrogens is 274 g/mol. The summed E-state index contributed by atoms with van der Waals surface area (Å²) in [6.45, 7) is 8.19. The largest absolute Gasteiger partial charge is 0.508 e. The van der Waals surface area contributed by atoms with Crippen molar-refractivity contribution in [2.45, 2.75) is 40.2 Å². The Labute approximate surface area is 133 Å². The average molecular weight is 299 g/mol. The molecule has 2 aromatic rings. The van der Waals surface area contributed by atoms with E-state index < -0.39 is 0 Å². The average Bonchev–Trinajstić information content (AvgIpc) is 2.46. The van der Waals surface area contributed by atoms with Gasteiger partial charge in [0, 0.05) is 6.04 Å². The van der Waals surface area contributed by atoms with Crippen LogP contribution in [0.25, 0.3) is 0 Å². The van der Waals surface area contributed by atoms with Crippen molar-refractivity contribution in [2.75, 3.05) is 7.05 Å². The molecule has 0 saturated carbocycles. The number of benzene rings is 2. The van der Waals surface area contributed by atoms with Crippen molar-refractivity contribution in [3.05, 3.63) is 52.6 Å². The van der Waals surface area contributed by atoms with E-state index in [1.807, 2.05) is 20.0 Å². The maximum absolute atomic E-state index is 9.60. The highest BCUT2D eigenvalue weighted by Crippen LogP contribution is 2.32. The van der Waals surface area contributed by atoms with Gasteiger partial charge in [-0.2, -0.15) is 0 Å². The molecule has 3 heteroatoms. The van der Waals surface area contributed by atoms with Crippen LogP contribution in [-0.2, 0) is 6.42 Å². The zero-order chi connectivity index (χ0) is 16.3. The van der Waals surface area contributed by atoms with Crippen LogP contribution in [0.5, 0.6) is 17.2 Å². The van der Waals surface area contributed by atoms with Gasteiger partial charge in [0.2, 0.25) is 0 Å². The number of phenolic OH excluding ortho intramolecular Hbond substituents is 1. The molecule has 1 unspecified atom stereocenters. The first-order valence-electron chi connectivity index (χ1n) is 7.65. The van der Waals surface area contributed by atoms with E-state index in [4.69, 9.17) is 4.74 Å². The molecule has 0 amide bonds. The van der Waals surface area contributed by atoms with Gasteiger partial charge in [-0.15, -0.1) is 0 Å². The van der Waals surface area contributed by atoms with Gasteiger partial charge in [-0.3, -0.25) is 0 Å². The predicted octanol–water partition coefficient (Wildman–Crippen LogP) is 4.26. The minimum absolute atomic E-state index is 0.289. The predicted molar refractivity (Wildman–Crippen MR) is 91.1 cm³/mol. The monoisotopic (exact) mass is 299 g/mol. The third-order valence-electron chi connectivity index (χ3n) is 3.94. The summed E-state index contributed by atoms with van der Waals surface area (Å²) in [5, 5.41) is 12.9. The number of ether oxygens (including phenoxy) is 1. The molecule has 2 aromatic carbocycles. The summed E-state index contributed by atoms with van der Waals surface area (Å²) >= 11 is 0. The normalized spacial score (nSPS) is 12.2. The van der Waals surface area contributed by atoms with Crippen LogP contribution in [0.2, 0.25) is 0 Å². The first kappa shape index (κ1) is 16.4. The van der Waals surface area contributed by atoms with Crippen LogP contribution in [0.15, 0.2) is 30.3 Å². The first-order valence-corrected chi connectivity index (χ1v) is 7.65. The van der Waals surface area contributed by atoms with Gasteiger partial charge in [0.05, 0.1) is 0 Å². The summed E-state index contributed by atoms with van der Waals surface area (Å²) in [6.07, 6.45) is 0.997. The molecule has 0 aromatic heterocycles. The van der Waals surface area contributed by atoms with E-state index in [1.165, 1.54) is 5.56 Å². The fraction of sp³-hybridized carbons (Fsp3) is 0.368. The van der Waals surface area contributed by atoms with Gasteiger partial charge in [0.1, 0.15) is 17.2 Å². The molecule has 0 aliphatic carbocycles. The molecule has 0 fully saturated rings. The smallest absolute Gasteiger partial charge is 0.133 e. The molecule has 1 atom stereocenters. The van der Waals surface area contributed by atoms with Crippen molar-refractivity contribution in [1.29, 1.82) is 0 Å². The first-order chi connectivity index (χ1) is 10.4. The van der Waals surface area contributed by atoms with Crippen molar-refractivity contribution in [3.8, 4) is 17.2 Å². The molecule has 0 heterocycles. The Kier molecular flexibility index (Phi) is 5.09. The zero-order valence-electron chi connectivity index (χ0n) is 14.0. The lowest BCUT2D eigenvalue weighted by Crippen LogP contribution is -2.23. The summed E-state index contributed by atoms with van der Waals surface area (Å²) in [5.41, 5.74) is 4.38. The van der Waals surface area contributed by atoms with E-state index >= 15 is 0 Å². The number of hydrogen-bond acceptors (Lipinski definition) is 3. The molecule has 0 bridgehead atoms. The van der Waals surface area contributed by atoms with E-state index in [1.54, 1.807) is 12.1 Å². The van der Waals surface area contributed by atoms with Gasteiger partial charge in [-0.1, -0.05) is 12.1 Å². The Bertz CT molecular complexity index is 641. The lowest BCUT2D eigenvalue weighted by molar-refractivity contribution is 0.457. The Morgan fingerprint density at radius 3 is 2.23 bits per heavy atom. The number of aryl methyl sites for hydroxylation is 3. The van der Waals surface area contributed by atoms with Gasteiger partial charge >= 0.3 is 0 Å². The van der Waals surface area contributed by atoms with Crippen molar-refractivity contribution >= 4 is 0 Å². The maximum Gasteiger partial charge on any atom is 0.133 e. The summed E-state index contributed by atoms with van der Waals surface area (Å²) in [6, 6.07) is 10.1. The second-order valence-corrected chi connectivity index (χ2v) is 6.00. The van der Waals surface area contributed by atoms with Gasteiger partial charge in [-0.25, -0.2) is 0 Å². The third-order valence-corrected chi connectivity index (χ3v) is 3.94. The van der Waals surface area contributed by atoms with E-state index in [9.17, 15) is 5.11 Å². The molecule has 3 nitrogen and oxygen atoms in total. The standard InChI is InChI=1S/C19H25NO2/c1-12-10-17(6-7-18(12)21)22-19-13(2)8-16(9-14(19)3)11-15(4)20-5/h6-10,15,20-21H,11H2,1-5H3. The quantitative estimate of drug-likeness (QED) is 0.866. The van der Waals surface area contributed by atoms with E-state index in [-0.39, 0.29) is 5.75 Å². The molecule has 0 radical (unpaired) electrons. The van der Waals surface area contributed by atoms with Crippen LogP contribution in [-0.4, -0.2) is 18.2 Å². The fourth-order valence-corrected chi connectivity index (χ4v) is 2.58. The number of rotatable bonds is 5. The van der Waals surface area contributed by atoms with E-state index in [0.29, 0.717) is 6.04 Å². The number of nitrogens with one attached hydrogen (secondary N) is 1. The highest BCUT2D eigenvalue weighted by atomic mass is 16.5. The molecule has 2 N–H and O–H groups in total. The van der Waals surface area contributed by atoms with Crippen molar-refractivity contribution in [1.82, 2.24) is 5.32 Å². The summed E-state index contributed by atoms with van der Waals surface area (Å²) in [5.74, 6) is 1.93. The zero-order valence-corrected chi connectivity index (χ0v) is 14.0. The van der Waals surface area contributed by atoms with Crippen LogP contribution in [0.3, 0.4) is 0 Å². The minimum Gasteiger partial charge on any atom is -0.508 e. The number of aromatic hydroxyl groups is 1. The molecular formula is C19H25NO2. The number of hydrogen-bond donors (Lipinski definition) is 2. The summed E-state index contributed by atoms with van der Waals surface area (Å²) in [4.78, 5) is 0. The molecule has 22 heavy (non-hydrogen) atoms. The highest BCUT2D eigenvalue weighted by Gasteiger charge is 2.10. The van der Waals surface area contributed by atoms with Crippen molar-refractivity contribution in [3.63, 3.8) is 0 Å². The van der Waals surface area contributed by atoms with Gasteiger partial charge < -0.3 is 15.2 Å². The summed E-state index contributed by atoms with van der Waals surface area (Å²) < 4.78 is 6.04. The van der Waals surface area contributed by atoms with Gasteiger partial charge in [-0.05, 0) is 81.6 Å². The Hall–Kier alpha value is -2.00. The number of likely N-dealkylation sites (N-methyl/N-ethyl adjacent to an activating group) is 1. The van der Waals surface area contributed by atoms with Crippen LogP contribution in [0.1, 0.15) is 29.2 Å². The molecule has 118 valence electrons. The van der Waals surface area contributed by atoms with E-state index in [0.717, 1.165) is 34.6 Å². The SMILES string of the molecule is CNC(C)Cc1cc(C)c(Oc2ccc(O)c(C)c2)c(C)c1. The molecule has 0 spiro atoms. The molecule has 0 saturated heterocycles. The number of phenols is 1. The van der Waals surface area contributed by atoms with Crippen molar-refractivity contribution < 1.29 is 9.84 Å². The molecule has 0 aliphatic rings. The molecule has 0 aliphatic heterocycles. The van der Waals surface area contributed by atoms with Gasteiger partial charge in [0.15, 0.2) is 0 Å². The summed E-state index contributed by atoms with van der Waals surface area (Å²) in [7, 11) is 1.98. The van der Waals surface area contributed by atoms with Gasteiger partial charge in [0.25, 0.3) is 0 Å². The van der Waals surface area contributed by atoms with Crippen LogP contribution in [0, 0.1) is 20.8 Å². The molecule has 2 rings (SSSR count). The second-order valence-electron chi connectivity index (χ2n) is 6.00. The lowest BCUT2D eigenvalue weighted by Gasteiger charge is -2.16. The topological polar surface area (TPSA) is 41.5 Å². The maximum atomic E-state index is 9.60. The van der Waals surface area contributed by atoms with E-state index in [2.05, 4.69) is 38.2 Å². The third kappa shape index (κ3) is 3.80. The highest BCUT2D eigenvalue weighted by molar-refractivity contribution is 5.47. The fourth-order valence-electron chi connectivity index (χ4n) is 2.58. The van der Waals surface area contributed by atoms with Crippen LogP contribution in [0.4, 0.5) is 0 Å². The van der Waals surface area contributed by atoms with Crippen LogP contribution >= 0.6 is 0 Å². The van der Waals surface area contributed by atoms with Crippen molar-refractivity contribution in [2.24, 2.45) is 0 Å². The Morgan fingerprint density at radius 2 is 1.68 bits per heavy atom. The minimum atomic E-state index is 0.289.